The van der Waals surface area contributed by atoms with Crippen LogP contribution in [0.3, 0.4) is 0 Å². The van der Waals surface area contributed by atoms with E-state index in [1.165, 1.54) is 12.1 Å². The topological polar surface area (TPSA) is 59.8 Å². The van der Waals surface area contributed by atoms with Crippen LogP contribution in [0.15, 0.2) is 55.1 Å². The largest absolute Gasteiger partial charge is 0.310 e. The molecule has 2 aromatic heterocycles. The molecule has 5 nitrogen and oxygen atoms in total. The zero-order chi connectivity index (χ0) is 15.8. The maximum absolute atomic E-state index is 13.5. The number of nitrogens with zero attached hydrogens (tertiary/aromatic N) is 3. The Morgan fingerprint density at radius 1 is 1.26 bits per heavy atom. The number of hydrogen-bond donors (Lipinski definition) is 1. The Kier molecular flexibility index (Phi) is 3.15. The lowest BCUT2D eigenvalue weighted by atomic mass is 9.91. The smallest absolute Gasteiger partial charge is 0.226 e. The summed E-state index contributed by atoms with van der Waals surface area (Å²) in [4.78, 5) is 20.7. The van der Waals surface area contributed by atoms with Gasteiger partial charge in [0, 0.05) is 24.7 Å². The number of carbonyl (C=O) groups excluding carboxylic acids is 1. The van der Waals surface area contributed by atoms with Crippen LogP contribution >= 0.6 is 0 Å². The molecule has 0 saturated carbocycles. The zero-order valence-electron chi connectivity index (χ0n) is 12.1. The molecule has 1 aliphatic rings. The van der Waals surface area contributed by atoms with Gasteiger partial charge in [0.15, 0.2) is 0 Å². The molecular formula is C17H13FN4O. The fourth-order valence-corrected chi connectivity index (χ4v) is 2.89. The van der Waals surface area contributed by atoms with E-state index in [9.17, 15) is 9.18 Å². The standard InChI is InChI=1S/C17H13FN4O/c18-12-4-1-5-13(7-12)22-10-20-16-14(8-15(23)21-17(16)22)11-3-2-6-19-9-11/h1-7,9-10,14H,8H2,(H,21,23). The van der Waals surface area contributed by atoms with Gasteiger partial charge in [-0.1, -0.05) is 12.1 Å². The first-order valence-electron chi connectivity index (χ1n) is 7.25. The third-order valence-electron chi connectivity index (χ3n) is 3.95. The van der Waals surface area contributed by atoms with Crippen molar-refractivity contribution < 1.29 is 9.18 Å². The summed E-state index contributed by atoms with van der Waals surface area (Å²) in [5.74, 6) is 0.00311. The van der Waals surface area contributed by atoms with Crippen LogP contribution in [0.25, 0.3) is 5.69 Å². The lowest BCUT2D eigenvalue weighted by Gasteiger charge is -2.23. The molecular weight excluding hydrogens is 295 g/mol. The van der Waals surface area contributed by atoms with Gasteiger partial charge in [-0.05, 0) is 29.8 Å². The molecule has 3 aromatic rings. The van der Waals surface area contributed by atoms with Crippen molar-refractivity contribution >= 4 is 11.7 Å². The maximum Gasteiger partial charge on any atom is 0.226 e. The molecule has 6 heteroatoms. The predicted molar refractivity (Wildman–Crippen MR) is 82.8 cm³/mol. The van der Waals surface area contributed by atoms with Gasteiger partial charge in [-0.2, -0.15) is 0 Å². The van der Waals surface area contributed by atoms with E-state index in [1.807, 2.05) is 12.1 Å². The van der Waals surface area contributed by atoms with Crippen LogP contribution in [0, 0.1) is 5.82 Å². The predicted octanol–water partition coefficient (Wildman–Crippen LogP) is 2.88. The minimum absolute atomic E-state index is 0.0930. The molecule has 3 heterocycles. The van der Waals surface area contributed by atoms with Crippen molar-refractivity contribution in [1.82, 2.24) is 14.5 Å². The average Bonchev–Trinajstić information content (AvgIpc) is 2.98. The van der Waals surface area contributed by atoms with Gasteiger partial charge in [0.1, 0.15) is 18.0 Å². The summed E-state index contributed by atoms with van der Waals surface area (Å²) in [7, 11) is 0. The SMILES string of the molecule is O=C1CC(c2cccnc2)c2ncn(-c3cccc(F)c3)c2N1. The fourth-order valence-electron chi connectivity index (χ4n) is 2.89. The molecule has 0 saturated heterocycles. The number of anilines is 1. The van der Waals surface area contributed by atoms with E-state index in [0.29, 0.717) is 17.9 Å². The second kappa shape index (κ2) is 5.31. The minimum Gasteiger partial charge on any atom is -0.310 e. The summed E-state index contributed by atoms with van der Waals surface area (Å²) in [5, 5.41) is 2.84. The third kappa shape index (κ3) is 2.38. The van der Waals surface area contributed by atoms with Gasteiger partial charge in [-0.25, -0.2) is 9.37 Å². The summed E-state index contributed by atoms with van der Waals surface area (Å²) in [6.07, 6.45) is 5.36. The lowest BCUT2D eigenvalue weighted by molar-refractivity contribution is -0.116. The summed E-state index contributed by atoms with van der Waals surface area (Å²) >= 11 is 0. The van der Waals surface area contributed by atoms with Crippen LogP contribution in [0.1, 0.15) is 23.6 Å². The normalized spacial score (nSPS) is 16.7. The number of carbonyl (C=O) groups is 1. The van der Waals surface area contributed by atoms with Gasteiger partial charge in [0.05, 0.1) is 11.4 Å². The van der Waals surface area contributed by atoms with Gasteiger partial charge >= 0.3 is 0 Å². The number of rotatable bonds is 2. The van der Waals surface area contributed by atoms with E-state index >= 15 is 0 Å². The number of halogens is 1. The van der Waals surface area contributed by atoms with E-state index in [0.717, 1.165) is 11.3 Å². The molecule has 0 fully saturated rings. The summed E-state index contributed by atoms with van der Waals surface area (Å²) in [6, 6.07) is 9.95. The molecule has 1 N–H and O–H groups in total. The first-order chi connectivity index (χ1) is 11.2. The van der Waals surface area contributed by atoms with Crippen LogP contribution in [0.5, 0.6) is 0 Å². The minimum atomic E-state index is -0.337. The summed E-state index contributed by atoms with van der Waals surface area (Å²) in [6.45, 7) is 0. The molecule has 0 spiro atoms. The molecule has 23 heavy (non-hydrogen) atoms. The van der Waals surface area contributed by atoms with Crippen LogP contribution < -0.4 is 5.32 Å². The number of amides is 1. The molecule has 114 valence electrons. The fraction of sp³-hybridized carbons (Fsp3) is 0.118. The van der Waals surface area contributed by atoms with Gasteiger partial charge in [0.25, 0.3) is 0 Å². The third-order valence-corrected chi connectivity index (χ3v) is 3.95. The maximum atomic E-state index is 13.5. The van der Waals surface area contributed by atoms with Crippen molar-refractivity contribution in [3.8, 4) is 5.69 Å². The molecule has 0 radical (unpaired) electrons. The number of pyridine rings is 1. The van der Waals surface area contributed by atoms with Gasteiger partial charge in [0.2, 0.25) is 5.91 Å². The van der Waals surface area contributed by atoms with E-state index < -0.39 is 0 Å². The number of fused-ring (bicyclic) bond motifs is 1. The van der Waals surface area contributed by atoms with E-state index in [2.05, 4.69) is 15.3 Å². The number of benzene rings is 1. The lowest BCUT2D eigenvalue weighted by Crippen LogP contribution is -2.25. The molecule has 1 amide bonds. The Labute approximate surface area is 131 Å². The highest BCUT2D eigenvalue weighted by Crippen LogP contribution is 2.36. The molecule has 1 unspecified atom stereocenters. The first-order valence-corrected chi connectivity index (χ1v) is 7.25. The number of hydrogen-bond acceptors (Lipinski definition) is 3. The van der Waals surface area contributed by atoms with Crippen molar-refractivity contribution in [3.05, 3.63) is 72.2 Å². The van der Waals surface area contributed by atoms with Crippen LogP contribution in [-0.2, 0) is 4.79 Å². The average molecular weight is 308 g/mol. The Morgan fingerprint density at radius 2 is 2.17 bits per heavy atom. The van der Waals surface area contributed by atoms with Crippen molar-refractivity contribution in [3.63, 3.8) is 0 Å². The van der Waals surface area contributed by atoms with E-state index in [1.54, 1.807) is 35.4 Å². The monoisotopic (exact) mass is 308 g/mol. The molecule has 4 rings (SSSR count). The number of imidazole rings is 1. The highest BCUT2D eigenvalue weighted by molar-refractivity contribution is 5.94. The highest BCUT2D eigenvalue weighted by Gasteiger charge is 2.31. The Morgan fingerprint density at radius 3 is 2.96 bits per heavy atom. The Hall–Kier alpha value is -3.02. The molecule has 1 atom stereocenters. The number of nitrogens with one attached hydrogen (secondary N) is 1. The van der Waals surface area contributed by atoms with Crippen LogP contribution in [0.2, 0.25) is 0 Å². The Bertz CT molecular complexity index is 875. The van der Waals surface area contributed by atoms with Crippen molar-refractivity contribution in [2.75, 3.05) is 5.32 Å². The first kappa shape index (κ1) is 13.6. The summed E-state index contributed by atoms with van der Waals surface area (Å²) in [5.41, 5.74) is 2.32. The van der Waals surface area contributed by atoms with Crippen LogP contribution in [0.4, 0.5) is 10.2 Å². The number of aromatic nitrogens is 3. The van der Waals surface area contributed by atoms with E-state index in [4.69, 9.17) is 0 Å². The zero-order valence-corrected chi connectivity index (χ0v) is 12.1. The molecule has 0 bridgehead atoms. The second-order valence-electron chi connectivity index (χ2n) is 5.42. The second-order valence-corrected chi connectivity index (χ2v) is 5.42. The van der Waals surface area contributed by atoms with Gasteiger partial charge in [-0.3, -0.25) is 14.3 Å². The van der Waals surface area contributed by atoms with Crippen molar-refractivity contribution in [2.24, 2.45) is 0 Å². The molecule has 1 aromatic carbocycles. The van der Waals surface area contributed by atoms with Gasteiger partial charge in [-0.15, -0.1) is 0 Å². The Balaban J connectivity index is 1.83. The van der Waals surface area contributed by atoms with Gasteiger partial charge < -0.3 is 5.32 Å². The van der Waals surface area contributed by atoms with Crippen LogP contribution in [-0.4, -0.2) is 20.4 Å². The van der Waals surface area contributed by atoms with Crippen molar-refractivity contribution in [1.29, 1.82) is 0 Å². The van der Waals surface area contributed by atoms with Crippen molar-refractivity contribution in [2.45, 2.75) is 12.3 Å². The summed E-state index contributed by atoms with van der Waals surface area (Å²) < 4.78 is 15.2. The highest BCUT2D eigenvalue weighted by atomic mass is 19.1. The molecule has 1 aliphatic heterocycles. The quantitative estimate of drug-likeness (QED) is 0.792. The van der Waals surface area contributed by atoms with E-state index in [-0.39, 0.29) is 17.6 Å². The molecule has 0 aliphatic carbocycles.